The third-order valence-corrected chi connectivity index (χ3v) is 7.44. The first-order chi connectivity index (χ1) is 14.3. The Bertz CT molecular complexity index is 1210. The summed E-state index contributed by atoms with van der Waals surface area (Å²) in [5.74, 6) is 0.738. The Morgan fingerprint density at radius 2 is 2.00 bits per heavy atom. The summed E-state index contributed by atoms with van der Waals surface area (Å²) in [6.07, 6.45) is 0.427. The topological polar surface area (TPSA) is 76.8 Å². The first-order valence-electron chi connectivity index (χ1n) is 9.91. The minimum Gasteiger partial charge on any atom is -0.497 e. The maximum absolute atomic E-state index is 13.6. The van der Waals surface area contributed by atoms with E-state index in [-0.39, 0.29) is 35.8 Å². The van der Waals surface area contributed by atoms with Gasteiger partial charge in [-0.05, 0) is 49.6 Å². The van der Waals surface area contributed by atoms with E-state index in [0.29, 0.717) is 17.8 Å². The lowest BCUT2D eigenvalue weighted by molar-refractivity contribution is 0.0649. The van der Waals surface area contributed by atoms with Crippen molar-refractivity contribution in [2.24, 2.45) is 0 Å². The minimum absolute atomic E-state index is 0.0267. The Kier molecular flexibility index (Phi) is 5.32. The molecule has 1 amide bonds. The molecule has 1 aliphatic rings. The quantitative estimate of drug-likeness (QED) is 0.617. The lowest BCUT2D eigenvalue weighted by atomic mass is 10.1. The first kappa shape index (κ1) is 20.5. The van der Waals surface area contributed by atoms with Crippen molar-refractivity contribution < 1.29 is 22.4 Å². The van der Waals surface area contributed by atoms with Crippen LogP contribution in [-0.4, -0.2) is 43.9 Å². The van der Waals surface area contributed by atoms with Crippen molar-refractivity contribution in [1.29, 1.82) is 0 Å². The van der Waals surface area contributed by atoms with Gasteiger partial charge in [0.25, 0.3) is 5.91 Å². The lowest BCUT2D eigenvalue weighted by Crippen LogP contribution is -2.40. The van der Waals surface area contributed by atoms with Crippen LogP contribution in [-0.2, 0) is 16.4 Å². The third-order valence-electron chi connectivity index (χ3n) is 5.69. The fourth-order valence-corrected chi connectivity index (χ4v) is 5.75. The Labute approximate surface area is 176 Å². The molecule has 1 saturated heterocycles. The maximum Gasteiger partial charge on any atom is 0.290 e. The predicted molar refractivity (Wildman–Crippen MR) is 116 cm³/mol. The number of methoxy groups -OCH3 is 1. The van der Waals surface area contributed by atoms with E-state index in [1.165, 1.54) is 0 Å². The van der Waals surface area contributed by atoms with Crippen LogP contribution in [0.2, 0.25) is 0 Å². The second kappa shape index (κ2) is 7.80. The molecule has 0 radical (unpaired) electrons. The van der Waals surface area contributed by atoms with E-state index >= 15 is 0 Å². The van der Waals surface area contributed by atoms with Crippen molar-refractivity contribution in [2.45, 2.75) is 32.9 Å². The number of furan rings is 1. The van der Waals surface area contributed by atoms with Crippen molar-refractivity contribution in [1.82, 2.24) is 4.90 Å². The zero-order chi connectivity index (χ0) is 21.5. The molecule has 4 rings (SSSR count). The molecule has 3 aromatic rings. The molecule has 0 spiro atoms. The van der Waals surface area contributed by atoms with Gasteiger partial charge in [-0.15, -0.1) is 0 Å². The second-order valence-corrected chi connectivity index (χ2v) is 10.1. The van der Waals surface area contributed by atoms with E-state index in [0.717, 1.165) is 22.1 Å². The predicted octanol–water partition coefficient (Wildman–Crippen LogP) is 3.89. The Morgan fingerprint density at radius 3 is 2.70 bits per heavy atom. The lowest BCUT2D eigenvalue weighted by Gasteiger charge is -2.28. The number of rotatable bonds is 5. The van der Waals surface area contributed by atoms with Crippen LogP contribution in [0, 0.1) is 13.8 Å². The highest BCUT2D eigenvalue weighted by Crippen LogP contribution is 2.30. The SMILES string of the molecule is COc1cccc(CN(C(=O)c2oc3cc(C)ccc3c2C)[C@H]2CCS(=O)(=O)C2)c1. The standard InChI is InChI=1S/C23H25NO5S/c1-15-7-8-20-16(2)22(29-21(20)11-15)23(25)24(18-9-10-30(26,27)14-18)13-17-5-4-6-19(12-17)28-3/h4-8,11-12,18H,9-10,13-14H2,1-3H3/t18-/m0/s1. The molecular weight excluding hydrogens is 402 g/mol. The molecular formula is C23H25NO5S. The van der Waals surface area contributed by atoms with Gasteiger partial charge in [0.1, 0.15) is 11.3 Å². The monoisotopic (exact) mass is 427 g/mol. The smallest absolute Gasteiger partial charge is 0.290 e. The normalized spacial score (nSPS) is 17.9. The molecule has 30 heavy (non-hydrogen) atoms. The van der Waals surface area contributed by atoms with Crippen molar-refractivity contribution in [3.8, 4) is 5.75 Å². The highest BCUT2D eigenvalue weighted by atomic mass is 32.2. The summed E-state index contributed by atoms with van der Waals surface area (Å²) in [6, 6.07) is 12.9. The molecule has 1 aliphatic heterocycles. The molecule has 158 valence electrons. The summed E-state index contributed by atoms with van der Waals surface area (Å²) in [4.78, 5) is 15.2. The van der Waals surface area contributed by atoms with Crippen LogP contribution in [0.25, 0.3) is 11.0 Å². The summed E-state index contributed by atoms with van der Waals surface area (Å²) in [5.41, 5.74) is 3.35. The number of ether oxygens (including phenoxy) is 1. The van der Waals surface area contributed by atoms with Gasteiger partial charge in [-0.2, -0.15) is 0 Å². The molecule has 1 aromatic heterocycles. The van der Waals surface area contributed by atoms with Crippen molar-refractivity contribution in [2.75, 3.05) is 18.6 Å². The number of carbonyl (C=O) groups excluding carboxylic acids is 1. The Morgan fingerprint density at radius 1 is 1.20 bits per heavy atom. The summed E-state index contributed by atoms with van der Waals surface area (Å²) in [6.45, 7) is 4.12. The van der Waals surface area contributed by atoms with Gasteiger partial charge in [-0.3, -0.25) is 4.79 Å². The number of sulfone groups is 1. The highest BCUT2D eigenvalue weighted by Gasteiger charge is 2.36. The number of hydrogen-bond donors (Lipinski definition) is 0. The van der Waals surface area contributed by atoms with Crippen LogP contribution in [0.1, 0.15) is 33.7 Å². The molecule has 0 saturated carbocycles. The number of amides is 1. The summed E-state index contributed by atoms with van der Waals surface area (Å²) in [7, 11) is -1.56. The van der Waals surface area contributed by atoms with E-state index in [1.807, 2.05) is 56.3 Å². The first-order valence-corrected chi connectivity index (χ1v) is 11.7. The molecule has 1 atom stereocenters. The fourth-order valence-electron chi connectivity index (χ4n) is 4.02. The molecule has 2 heterocycles. The molecule has 0 N–H and O–H groups in total. The highest BCUT2D eigenvalue weighted by molar-refractivity contribution is 7.91. The largest absolute Gasteiger partial charge is 0.497 e. The Hall–Kier alpha value is -2.80. The Balaban J connectivity index is 1.73. The van der Waals surface area contributed by atoms with Gasteiger partial charge in [-0.1, -0.05) is 24.3 Å². The summed E-state index contributed by atoms with van der Waals surface area (Å²) >= 11 is 0. The van der Waals surface area contributed by atoms with Crippen LogP contribution in [0.3, 0.4) is 0 Å². The van der Waals surface area contributed by atoms with E-state index in [9.17, 15) is 13.2 Å². The zero-order valence-corrected chi connectivity index (χ0v) is 18.2. The number of aryl methyl sites for hydroxylation is 2. The average molecular weight is 428 g/mol. The molecule has 0 unspecified atom stereocenters. The van der Waals surface area contributed by atoms with E-state index in [4.69, 9.17) is 9.15 Å². The molecule has 0 aliphatic carbocycles. The summed E-state index contributed by atoms with van der Waals surface area (Å²) < 4.78 is 35.5. The molecule has 7 heteroatoms. The van der Waals surface area contributed by atoms with Gasteiger partial charge in [0.15, 0.2) is 15.6 Å². The van der Waals surface area contributed by atoms with E-state index < -0.39 is 9.84 Å². The number of fused-ring (bicyclic) bond motifs is 1. The van der Waals surface area contributed by atoms with Gasteiger partial charge in [0.2, 0.25) is 0 Å². The van der Waals surface area contributed by atoms with Crippen LogP contribution in [0.15, 0.2) is 46.9 Å². The third kappa shape index (κ3) is 3.94. The van der Waals surface area contributed by atoms with Gasteiger partial charge >= 0.3 is 0 Å². The van der Waals surface area contributed by atoms with Gasteiger partial charge in [0.05, 0.1) is 18.6 Å². The van der Waals surface area contributed by atoms with Crippen molar-refractivity contribution in [3.05, 3.63) is 64.9 Å². The minimum atomic E-state index is -3.15. The number of nitrogens with zero attached hydrogens (tertiary/aromatic N) is 1. The van der Waals surface area contributed by atoms with Crippen LogP contribution in [0.5, 0.6) is 5.75 Å². The number of carbonyl (C=O) groups is 1. The number of hydrogen-bond acceptors (Lipinski definition) is 5. The molecule has 2 aromatic carbocycles. The van der Waals surface area contributed by atoms with Crippen molar-refractivity contribution >= 4 is 26.7 Å². The maximum atomic E-state index is 13.6. The second-order valence-electron chi connectivity index (χ2n) is 7.90. The van der Waals surface area contributed by atoms with Gasteiger partial charge in [0, 0.05) is 23.5 Å². The van der Waals surface area contributed by atoms with Crippen LogP contribution >= 0.6 is 0 Å². The van der Waals surface area contributed by atoms with Crippen LogP contribution in [0.4, 0.5) is 0 Å². The van der Waals surface area contributed by atoms with Gasteiger partial charge < -0.3 is 14.1 Å². The molecule has 1 fully saturated rings. The molecule has 0 bridgehead atoms. The van der Waals surface area contributed by atoms with Crippen molar-refractivity contribution in [3.63, 3.8) is 0 Å². The van der Waals surface area contributed by atoms with Gasteiger partial charge in [-0.25, -0.2) is 8.42 Å². The van der Waals surface area contributed by atoms with Crippen LogP contribution < -0.4 is 4.74 Å². The summed E-state index contributed by atoms with van der Waals surface area (Å²) in [5, 5.41) is 0.893. The van der Waals surface area contributed by atoms with E-state index in [2.05, 4.69) is 0 Å². The average Bonchev–Trinajstić information content (AvgIpc) is 3.24. The molecule has 6 nitrogen and oxygen atoms in total. The fraction of sp³-hybridized carbons (Fsp3) is 0.348. The zero-order valence-electron chi connectivity index (χ0n) is 17.3. The van der Waals surface area contributed by atoms with E-state index in [1.54, 1.807) is 12.0 Å². The number of benzene rings is 2.